The fourth-order valence-corrected chi connectivity index (χ4v) is 3.20. The Morgan fingerprint density at radius 2 is 1.40 bits per heavy atom. The molecule has 6 nitrogen and oxygen atoms in total. The third-order valence-electron chi connectivity index (χ3n) is 4.42. The Balaban J connectivity index is 0.000000240. The first kappa shape index (κ1) is 28.8. The fourth-order valence-electron chi connectivity index (χ4n) is 2.81. The van der Waals surface area contributed by atoms with Crippen LogP contribution in [0.3, 0.4) is 0 Å². The van der Waals surface area contributed by atoms with E-state index < -0.39 is 0 Å². The topological polar surface area (TPSA) is 74.6 Å². The van der Waals surface area contributed by atoms with Crippen LogP contribution < -0.4 is 10.9 Å². The zero-order valence-electron chi connectivity index (χ0n) is 18.9. The van der Waals surface area contributed by atoms with Crippen LogP contribution in [0.15, 0.2) is 83.3 Å². The molecule has 0 aliphatic heterocycles. The molecule has 0 fully saturated rings. The number of hydrogen-bond donors (Lipinski definition) is 2. The molecule has 11 heteroatoms. The number of nitrogens with zero attached hydrogens (tertiary/aromatic N) is 4. The van der Waals surface area contributed by atoms with Crippen LogP contribution in [0, 0.1) is 0 Å². The summed E-state index contributed by atoms with van der Waals surface area (Å²) in [6, 6.07) is 20.1. The molecule has 0 spiro atoms. The number of benzene rings is 2. The van der Waals surface area contributed by atoms with Gasteiger partial charge >= 0.3 is 17.1 Å². The Bertz CT molecular complexity index is 1330. The van der Waals surface area contributed by atoms with Gasteiger partial charge in [-0.15, -0.1) is 0 Å². The molecule has 0 aliphatic rings. The summed E-state index contributed by atoms with van der Waals surface area (Å²) in [6.07, 6.45) is 10.8. The Kier molecular flexibility index (Phi) is 12.8. The number of nitrogens with one attached hydrogen (secondary N) is 2. The van der Waals surface area contributed by atoms with Crippen molar-refractivity contribution in [1.82, 2.24) is 20.8 Å². The summed E-state index contributed by atoms with van der Waals surface area (Å²) in [5.74, 6) is 0. The number of thioether (sulfide) groups is 2. The molecular formula is C24H22MnN6S4+2. The van der Waals surface area contributed by atoms with Crippen LogP contribution in [0.2, 0.25) is 0 Å². The molecule has 0 unspecified atom stereocenters. The summed E-state index contributed by atoms with van der Waals surface area (Å²) in [7, 11) is 0. The van der Waals surface area contributed by atoms with Gasteiger partial charge in [-0.25, -0.2) is 0 Å². The van der Waals surface area contributed by atoms with Crippen LogP contribution in [0.1, 0.15) is 11.4 Å². The Labute approximate surface area is 234 Å². The quantitative estimate of drug-likeness (QED) is 0.140. The number of fused-ring (bicyclic) bond motifs is 2. The predicted molar refractivity (Wildman–Crippen MR) is 157 cm³/mol. The molecule has 0 bridgehead atoms. The van der Waals surface area contributed by atoms with E-state index in [0.717, 1.165) is 32.9 Å². The number of hydrazone groups is 2. The van der Waals surface area contributed by atoms with E-state index in [2.05, 4.69) is 31.0 Å². The van der Waals surface area contributed by atoms with Gasteiger partial charge in [0.25, 0.3) is 0 Å². The zero-order valence-corrected chi connectivity index (χ0v) is 23.3. The minimum absolute atomic E-state index is 0. The van der Waals surface area contributed by atoms with Crippen molar-refractivity contribution in [2.45, 2.75) is 0 Å². The van der Waals surface area contributed by atoms with Gasteiger partial charge in [0, 0.05) is 23.2 Å². The van der Waals surface area contributed by atoms with E-state index in [1.807, 2.05) is 79.4 Å². The van der Waals surface area contributed by atoms with Gasteiger partial charge in [-0.1, -0.05) is 96.5 Å². The average Bonchev–Trinajstić information content (AvgIpc) is 2.89. The van der Waals surface area contributed by atoms with Gasteiger partial charge in [-0.05, 0) is 35.4 Å². The van der Waals surface area contributed by atoms with Crippen molar-refractivity contribution >= 4 is 90.6 Å². The van der Waals surface area contributed by atoms with Gasteiger partial charge in [0.2, 0.25) is 0 Å². The number of aromatic nitrogens is 2. The first-order valence-electron chi connectivity index (χ1n) is 10.0. The molecule has 1 radical (unpaired) electrons. The smallest absolute Gasteiger partial charge is 0.262 e. The summed E-state index contributed by atoms with van der Waals surface area (Å²) >= 11 is 12.8. The summed E-state index contributed by atoms with van der Waals surface area (Å²) < 4.78 is 1.28. The maximum Gasteiger partial charge on any atom is 2.00 e. The second-order valence-corrected chi connectivity index (χ2v) is 9.56. The number of thiocarbonyl (C=S) groups is 2. The second-order valence-electron chi connectivity index (χ2n) is 6.60. The molecule has 4 rings (SSSR count). The van der Waals surface area contributed by atoms with Gasteiger partial charge in [0.05, 0.1) is 23.8 Å². The van der Waals surface area contributed by atoms with Gasteiger partial charge in [0.15, 0.2) is 8.64 Å². The SMILES string of the molecule is CSC(=S)NN=Cc1cc2ccccc2cn1.CSC(=S)NN=Cc1nccc2ccccc12.[Mn+2]. The van der Waals surface area contributed by atoms with Crippen molar-refractivity contribution in [1.29, 1.82) is 0 Å². The van der Waals surface area contributed by atoms with Crippen molar-refractivity contribution in [3.63, 3.8) is 0 Å². The van der Waals surface area contributed by atoms with Crippen LogP contribution in [0.4, 0.5) is 0 Å². The third kappa shape index (κ3) is 9.29. The summed E-state index contributed by atoms with van der Waals surface area (Å²) in [5.41, 5.74) is 7.16. The van der Waals surface area contributed by atoms with Crippen LogP contribution >= 0.6 is 48.0 Å². The number of hydrogen-bond acceptors (Lipinski definition) is 8. The van der Waals surface area contributed by atoms with E-state index in [1.165, 1.54) is 23.5 Å². The van der Waals surface area contributed by atoms with Crippen molar-refractivity contribution in [3.8, 4) is 0 Å². The third-order valence-corrected chi connectivity index (χ3v) is 6.53. The number of rotatable bonds is 4. The van der Waals surface area contributed by atoms with Crippen LogP contribution in [0.25, 0.3) is 21.5 Å². The van der Waals surface area contributed by atoms with Gasteiger partial charge in [-0.3, -0.25) is 20.8 Å². The molecule has 177 valence electrons. The first-order chi connectivity index (χ1) is 16.6. The van der Waals surface area contributed by atoms with E-state index in [9.17, 15) is 0 Å². The zero-order chi connectivity index (χ0) is 24.2. The maximum absolute atomic E-state index is 4.98. The molecule has 2 aromatic carbocycles. The molecule has 2 aromatic heterocycles. The average molecular weight is 578 g/mol. The van der Waals surface area contributed by atoms with E-state index >= 15 is 0 Å². The normalized spacial score (nSPS) is 10.6. The van der Waals surface area contributed by atoms with Crippen molar-refractivity contribution in [2.75, 3.05) is 12.5 Å². The number of pyridine rings is 2. The summed E-state index contributed by atoms with van der Waals surface area (Å²) in [6.45, 7) is 0. The molecule has 0 saturated heterocycles. The first-order valence-corrected chi connectivity index (χ1v) is 13.3. The standard InChI is InChI=1S/2C12H11N3S2.Mn/c1-17-12(16)15-14-8-11-6-9-4-2-3-5-10(9)7-13-11;1-17-12(16)15-14-8-11-10-5-3-2-4-9(10)6-7-13-11;/h2*2-8H,1H3,(H,15,16);/q;;+2. The summed E-state index contributed by atoms with van der Waals surface area (Å²) in [5, 5.41) is 12.6. The molecule has 2 N–H and O–H groups in total. The Morgan fingerprint density at radius 3 is 2.09 bits per heavy atom. The van der Waals surface area contributed by atoms with Gasteiger partial charge in [-0.2, -0.15) is 10.2 Å². The molecule has 2 heterocycles. The van der Waals surface area contributed by atoms with Crippen LogP contribution in [0.5, 0.6) is 0 Å². The Morgan fingerprint density at radius 1 is 0.800 bits per heavy atom. The second kappa shape index (κ2) is 15.6. The van der Waals surface area contributed by atoms with Gasteiger partial charge < -0.3 is 0 Å². The van der Waals surface area contributed by atoms with E-state index in [0.29, 0.717) is 8.64 Å². The molecular weight excluding hydrogens is 556 g/mol. The molecule has 0 aliphatic carbocycles. The maximum atomic E-state index is 4.98. The molecule has 0 saturated carbocycles. The fraction of sp³-hybridized carbons (Fsp3) is 0.0833. The van der Waals surface area contributed by atoms with E-state index in [1.54, 1.807) is 18.6 Å². The summed E-state index contributed by atoms with van der Waals surface area (Å²) in [4.78, 5) is 8.58. The van der Waals surface area contributed by atoms with E-state index in [4.69, 9.17) is 24.4 Å². The van der Waals surface area contributed by atoms with Crippen molar-refractivity contribution in [3.05, 3.63) is 84.4 Å². The largest absolute Gasteiger partial charge is 2.00 e. The van der Waals surface area contributed by atoms with E-state index in [-0.39, 0.29) is 17.1 Å². The monoisotopic (exact) mass is 577 g/mol. The van der Waals surface area contributed by atoms with Crippen LogP contribution in [-0.2, 0) is 17.1 Å². The van der Waals surface area contributed by atoms with Crippen molar-refractivity contribution < 1.29 is 17.1 Å². The molecule has 0 atom stereocenters. The van der Waals surface area contributed by atoms with Gasteiger partial charge in [0.1, 0.15) is 0 Å². The predicted octanol–water partition coefficient (Wildman–Crippen LogP) is 5.61. The molecule has 4 aromatic rings. The minimum atomic E-state index is 0. The Hall–Kier alpha value is -2.40. The molecule has 0 amide bonds. The minimum Gasteiger partial charge on any atom is -0.262 e. The molecule has 35 heavy (non-hydrogen) atoms. The van der Waals surface area contributed by atoms with Crippen molar-refractivity contribution in [2.24, 2.45) is 10.2 Å². The van der Waals surface area contributed by atoms with Crippen LogP contribution in [-0.4, -0.2) is 43.5 Å².